The summed E-state index contributed by atoms with van der Waals surface area (Å²) >= 11 is 0. The Morgan fingerprint density at radius 1 is 0.375 bits per heavy atom. The molecular formula is F6GdHo. The molecule has 0 aromatic carbocycles. The van der Waals surface area contributed by atoms with Gasteiger partial charge >= 0.3 is 77.7 Å². The summed E-state index contributed by atoms with van der Waals surface area (Å²) in [6.07, 6.45) is 0. The van der Waals surface area contributed by atoms with Gasteiger partial charge in [-0.15, -0.1) is 0 Å². The molecule has 0 aliphatic rings. The van der Waals surface area contributed by atoms with Crippen molar-refractivity contribution in [2.75, 3.05) is 0 Å². The van der Waals surface area contributed by atoms with Gasteiger partial charge < -0.3 is 28.2 Å². The quantitative estimate of drug-likeness (QED) is 0.262. The summed E-state index contributed by atoms with van der Waals surface area (Å²) in [5, 5.41) is 0. The van der Waals surface area contributed by atoms with Crippen LogP contribution in [0.2, 0.25) is 0 Å². The van der Waals surface area contributed by atoms with Gasteiger partial charge in [0, 0.05) is 0 Å². The third kappa shape index (κ3) is 89.5. The molecule has 0 heterocycles. The van der Waals surface area contributed by atoms with Crippen LogP contribution in [0, 0.1) is 77.7 Å². The van der Waals surface area contributed by atoms with Crippen LogP contribution in [0.4, 0.5) is 0 Å². The summed E-state index contributed by atoms with van der Waals surface area (Å²) in [6, 6.07) is 0. The van der Waals surface area contributed by atoms with Crippen molar-refractivity contribution < 1.29 is 106 Å². The van der Waals surface area contributed by atoms with Crippen LogP contribution in [0.15, 0.2) is 0 Å². The molecule has 0 aliphatic heterocycles. The van der Waals surface area contributed by atoms with Crippen molar-refractivity contribution in [1.82, 2.24) is 0 Å². The van der Waals surface area contributed by atoms with Gasteiger partial charge in [0.05, 0.1) is 0 Å². The Hall–Kier alpha value is 2.16. The Kier molecular flexibility index (Phi) is 2970. The van der Waals surface area contributed by atoms with Crippen molar-refractivity contribution in [2.24, 2.45) is 0 Å². The Balaban J connectivity index is 0. The smallest absolute Gasteiger partial charge is 1.00 e. The van der Waals surface area contributed by atoms with Gasteiger partial charge in [0.2, 0.25) is 0 Å². The predicted molar refractivity (Wildman–Crippen MR) is 0 cm³/mol. The third-order valence-electron chi connectivity index (χ3n) is 0. The first-order valence-corrected chi connectivity index (χ1v) is 0. The number of rotatable bonds is 0. The molecule has 0 bridgehead atoms. The van der Waals surface area contributed by atoms with E-state index < -0.39 is 0 Å². The minimum absolute atomic E-state index is 0. The van der Waals surface area contributed by atoms with Crippen LogP contribution in [0.1, 0.15) is 0 Å². The fourth-order valence-corrected chi connectivity index (χ4v) is 0. The van der Waals surface area contributed by atoms with E-state index in [4.69, 9.17) is 0 Å². The van der Waals surface area contributed by atoms with E-state index in [9.17, 15) is 0 Å². The Labute approximate surface area is 104 Å². The first-order valence-electron chi connectivity index (χ1n) is 0. The topological polar surface area (TPSA) is 0 Å². The predicted octanol–water partition coefficient (Wildman–Crippen LogP) is -18.0. The van der Waals surface area contributed by atoms with E-state index in [0.717, 1.165) is 0 Å². The molecule has 0 amide bonds. The van der Waals surface area contributed by atoms with Crippen LogP contribution in [-0.4, -0.2) is 0 Å². The second kappa shape index (κ2) is 130. The third-order valence-corrected chi connectivity index (χ3v) is 0. The van der Waals surface area contributed by atoms with Gasteiger partial charge in [0.1, 0.15) is 0 Å². The van der Waals surface area contributed by atoms with E-state index in [1.165, 1.54) is 0 Å². The van der Waals surface area contributed by atoms with Crippen LogP contribution < -0.4 is 28.2 Å². The first kappa shape index (κ1) is 182. The fourth-order valence-electron chi connectivity index (χ4n) is 0. The molecule has 0 aromatic rings. The standard InChI is InChI=1S/6FH.Gd.Ho/h6*1H;;/q;;;;;;2*+3/p-6. The maximum Gasteiger partial charge on any atom is 3.00 e. The Bertz CT molecular complexity index is 8.49. The average molecular weight is 436 g/mol. The van der Waals surface area contributed by atoms with E-state index in [2.05, 4.69) is 0 Å². The van der Waals surface area contributed by atoms with Gasteiger partial charge in [-0.2, -0.15) is 0 Å². The second-order valence-electron chi connectivity index (χ2n) is 0. The van der Waals surface area contributed by atoms with Crippen molar-refractivity contribution in [3.63, 3.8) is 0 Å². The molecule has 0 atom stereocenters. The maximum atomic E-state index is 0. The summed E-state index contributed by atoms with van der Waals surface area (Å²) in [7, 11) is 0. The minimum atomic E-state index is 0. The normalized spacial score (nSPS) is 0. The van der Waals surface area contributed by atoms with Crippen LogP contribution >= 0.6 is 0 Å². The summed E-state index contributed by atoms with van der Waals surface area (Å²) < 4.78 is 0. The summed E-state index contributed by atoms with van der Waals surface area (Å²) in [4.78, 5) is 0. The van der Waals surface area contributed by atoms with Gasteiger partial charge in [-0.1, -0.05) is 0 Å². The van der Waals surface area contributed by atoms with Gasteiger partial charge in [0.15, 0.2) is 0 Å². The van der Waals surface area contributed by atoms with E-state index in [1.807, 2.05) is 0 Å². The first-order chi connectivity index (χ1) is 0. The molecule has 8 heavy (non-hydrogen) atoms. The molecule has 0 unspecified atom stereocenters. The zero-order chi connectivity index (χ0) is 0. The molecule has 0 aliphatic carbocycles. The second-order valence-corrected chi connectivity index (χ2v) is 0. The maximum absolute atomic E-state index is 0. The Morgan fingerprint density at radius 3 is 0.375 bits per heavy atom. The van der Waals surface area contributed by atoms with E-state index in [1.54, 1.807) is 0 Å². The van der Waals surface area contributed by atoms with Gasteiger partial charge in [-0.05, 0) is 0 Å². The van der Waals surface area contributed by atoms with E-state index >= 15 is 0 Å². The van der Waals surface area contributed by atoms with Gasteiger partial charge in [-0.25, -0.2) is 0 Å². The Morgan fingerprint density at radius 2 is 0.375 bits per heavy atom. The van der Waals surface area contributed by atoms with Crippen LogP contribution in [0.5, 0.6) is 0 Å². The molecular weight excluding hydrogens is 436 g/mol. The molecule has 8 heteroatoms. The molecule has 61 valence electrons. The summed E-state index contributed by atoms with van der Waals surface area (Å²) in [6.45, 7) is 0. The van der Waals surface area contributed by atoms with Crippen molar-refractivity contribution in [1.29, 1.82) is 0 Å². The van der Waals surface area contributed by atoms with Crippen LogP contribution in [-0.2, 0) is 0 Å². The molecule has 1 radical (unpaired) electrons. The number of halogens is 6. The number of hydrogen-bond donors (Lipinski definition) is 0. The summed E-state index contributed by atoms with van der Waals surface area (Å²) in [5.74, 6) is 0. The van der Waals surface area contributed by atoms with Crippen LogP contribution in [0.25, 0.3) is 0 Å². The van der Waals surface area contributed by atoms with Crippen molar-refractivity contribution in [2.45, 2.75) is 0 Å². The molecule has 0 nitrogen and oxygen atoms in total. The van der Waals surface area contributed by atoms with Crippen molar-refractivity contribution in [3.05, 3.63) is 0 Å². The zero-order valence-electron chi connectivity index (χ0n) is 2.92. The zero-order valence-corrected chi connectivity index (χ0v) is 7.13. The molecule has 0 aromatic heterocycles. The minimum Gasteiger partial charge on any atom is -1.00 e. The molecule has 0 N–H and O–H groups in total. The van der Waals surface area contributed by atoms with E-state index in [-0.39, 0.29) is 106 Å². The molecule has 0 fully saturated rings. The fraction of sp³-hybridized carbons (Fsp3) is 0. The van der Waals surface area contributed by atoms with Crippen molar-refractivity contribution in [3.8, 4) is 0 Å². The van der Waals surface area contributed by atoms with Crippen molar-refractivity contribution >= 4 is 0 Å². The average Bonchev–Trinajstić information content (AvgIpc) is 0. The molecule has 0 saturated carbocycles. The number of hydrogen-bond acceptors (Lipinski definition) is 0. The van der Waals surface area contributed by atoms with Crippen LogP contribution in [0.3, 0.4) is 0 Å². The SMILES string of the molecule is [F-].[F-].[F-].[F-].[F-].[F-].[Gd+3].[Ho+3]. The van der Waals surface area contributed by atoms with Gasteiger partial charge in [0.25, 0.3) is 0 Å². The molecule has 0 spiro atoms. The summed E-state index contributed by atoms with van der Waals surface area (Å²) in [5.41, 5.74) is 0. The van der Waals surface area contributed by atoms with Gasteiger partial charge in [-0.3, -0.25) is 0 Å². The van der Waals surface area contributed by atoms with E-state index in [0.29, 0.717) is 0 Å². The largest absolute Gasteiger partial charge is 3.00 e. The molecule has 0 rings (SSSR count). The monoisotopic (exact) mass is 437 g/mol. The molecule has 0 saturated heterocycles.